The molecule has 5 heteroatoms. The van der Waals surface area contributed by atoms with Crippen LogP contribution in [-0.2, 0) is 6.42 Å². The third-order valence-corrected chi connectivity index (χ3v) is 4.93. The highest BCUT2D eigenvalue weighted by molar-refractivity contribution is 6.04. The minimum Gasteiger partial charge on any atom is -0.372 e. The Balaban J connectivity index is 1.71. The van der Waals surface area contributed by atoms with E-state index in [0.29, 0.717) is 5.56 Å². The average Bonchev–Trinajstić information content (AvgIpc) is 2.76. The van der Waals surface area contributed by atoms with E-state index in [2.05, 4.69) is 47.4 Å². The second-order valence-corrected chi connectivity index (χ2v) is 6.77. The predicted molar refractivity (Wildman–Crippen MR) is 121 cm³/mol. The second kappa shape index (κ2) is 9.73. The van der Waals surface area contributed by atoms with Crippen LogP contribution in [0.15, 0.2) is 67.0 Å². The van der Waals surface area contributed by atoms with E-state index in [0.717, 1.165) is 42.3 Å². The van der Waals surface area contributed by atoms with Gasteiger partial charge in [-0.1, -0.05) is 25.1 Å². The van der Waals surface area contributed by atoms with Gasteiger partial charge < -0.3 is 15.5 Å². The summed E-state index contributed by atoms with van der Waals surface area (Å²) in [6.45, 7) is 8.29. The number of amides is 1. The van der Waals surface area contributed by atoms with E-state index in [1.165, 1.54) is 5.56 Å². The van der Waals surface area contributed by atoms with Crippen molar-refractivity contribution in [2.75, 3.05) is 28.6 Å². The number of nitrogens with zero attached hydrogens (tertiary/aromatic N) is 2. The second-order valence-electron chi connectivity index (χ2n) is 6.77. The summed E-state index contributed by atoms with van der Waals surface area (Å²) in [5, 5.41) is 6.32. The molecule has 0 aliphatic rings. The van der Waals surface area contributed by atoms with Crippen LogP contribution in [0.1, 0.15) is 36.7 Å². The quantitative estimate of drug-likeness (QED) is 0.536. The monoisotopic (exact) mass is 388 g/mol. The number of carbonyl (C=O) groups excluding carboxylic acids is 1. The first-order valence-corrected chi connectivity index (χ1v) is 10.1. The molecule has 150 valence electrons. The molecule has 3 aromatic rings. The normalized spacial score (nSPS) is 10.4. The largest absolute Gasteiger partial charge is 0.372 e. The molecule has 0 saturated carbocycles. The van der Waals surface area contributed by atoms with Crippen LogP contribution in [0, 0.1) is 0 Å². The molecule has 2 N–H and O–H groups in total. The van der Waals surface area contributed by atoms with E-state index >= 15 is 0 Å². The molecule has 1 aromatic heterocycles. The van der Waals surface area contributed by atoms with Crippen molar-refractivity contribution in [1.82, 2.24) is 4.98 Å². The van der Waals surface area contributed by atoms with Crippen LogP contribution in [0.5, 0.6) is 0 Å². The molecule has 2 aromatic carbocycles. The van der Waals surface area contributed by atoms with Gasteiger partial charge in [0.25, 0.3) is 5.91 Å². The third-order valence-electron chi connectivity index (χ3n) is 4.93. The SMILES string of the molecule is CCc1ccccc1Nc1cncc(C(=O)Nc2ccc(N(CC)CC)cc2)c1. The number of benzene rings is 2. The number of hydrogen-bond acceptors (Lipinski definition) is 4. The van der Waals surface area contributed by atoms with Gasteiger partial charge in [0.05, 0.1) is 17.4 Å². The summed E-state index contributed by atoms with van der Waals surface area (Å²) in [5.74, 6) is -0.180. The Labute approximate surface area is 172 Å². The Bertz CT molecular complexity index is 949. The molecule has 0 bridgehead atoms. The van der Waals surface area contributed by atoms with Crippen LogP contribution in [0.4, 0.5) is 22.7 Å². The average molecular weight is 389 g/mol. The number of hydrogen-bond donors (Lipinski definition) is 2. The van der Waals surface area contributed by atoms with Crippen LogP contribution >= 0.6 is 0 Å². The van der Waals surface area contributed by atoms with Gasteiger partial charge in [0, 0.05) is 36.3 Å². The fourth-order valence-electron chi connectivity index (χ4n) is 3.29. The molecule has 0 saturated heterocycles. The zero-order valence-electron chi connectivity index (χ0n) is 17.3. The van der Waals surface area contributed by atoms with Crippen LogP contribution in [0.25, 0.3) is 0 Å². The standard InChI is InChI=1S/C24H28N4O/c1-4-18-9-7-8-10-23(18)26-21-15-19(16-25-17-21)24(29)27-20-11-13-22(14-12-20)28(5-2)6-3/h7-17,26H,4-6H2,1-3H3,(H,27,29). The molecule has 0 atom stereocenters. The Morgan fingerprint density at radius 1 is 0.931 bits per heavy atom. The molecule has 29 heavy (non-hydrogen) atoms. The number of carbonyl (C=O) groups is 1. The fourth-order valence-corrected chi connectivity index (χ4v) is 3.29. The van der Waals surface area contributed by atoms with E-state index in [4.69, 9.17) is 0 Å². The number of anilines is 4. The zero-order valence-corrected chi connectivity index (χ0v) is 17.3. The van der Waals surface area contributed by atoms with Crippen LogP contribution in [0.2, 0.25) is 0 Å². The van der Waals surface area contributed by atoms with Crippen LogP contribution in [-0.4, -0.2) is 24.0 Å². The maximum Gasteiger partial charge on any atom is 0.257 e. The molecule has 3 rings (SSSR count). The van der Waals surface area contributed by atoms with E-state index in [-0.39, 0.29) is 5.91 Å². The van der Waals surface area contributed by atoms with Crippen molar-refractivity contribution in [2.45, 2.75) is 27.2 Å². The number of nitrogens with one attached hydrogen (secondary N) is 2. The lowest BCUT2D eigenvalue weighted by molar-refractivity contribution is 0.102. The van der Waals surface area contributed by atoms with Gasteiger partial charge in [-0.2, -0.15) is 0 Å². The molecule has 5 nitrogen and oxygen atoms in total. The smallest absolute Gasteiger partial charge is 0.257 e. The van der Waals surface area contributed by atoms with Gasteiger partial charge in [-0.15, -0.1) is 0 Å². The number of aromatic nitrogens is 1. The summed E-state index contributed by atoms with van der Waals surface area (Å²) >= 11 is 0. The molecule has 0 aliphatic carbocycles. The van der Waals surface area contributed by atoms with Gasteiger partial charge in [0.1, 0.15) is 0 Å². The molecule has 1 heterocycles. The molecule has 0 fully saturated rings. The number of para-hydroxylation sites is 1. The van der Waals surface area contributed by atoms with Crippen molar-refractivity contribution in [3.63, 3.8) is 0 Å². The maximum absolute atomic E-state index is 12.7. The lowest BCUT2D eigenvalue weighted by atomic mass is 10.1. The molecular formula is C24H28N4O. The predicted octanol–water partition coefficient (Wildman–Crippen LogP) is 5.49. The maximum atomic E-state index is 12.7. The van der Waals surface area contributed by atoms with Crippen LogP contribution in [0.3, 0.4) is 0 Å². The minimum atomic E-state index is -0.180. The molecule has 0 spiro atoms. The Kier molecular flexibility index (Phi) is 6.85. The Morgan fingerprint density at radius 3 is 2.34 bits per heavy atom. The van der Waals surface area contributed by atoms with Crippen molar-refractivity contribution in [2.24, 2.45) is 0 Å². The molecule has 0 unspecified atom stereocenters. The number of rotatable bonds is 8. The lowest BCUT2D eigenvalue weighted by Crippen LogP contribution is -2.21. The molecule has 0 radical (unpaired) electrons. The highest BCUT2D eigenvalue weighted by atomic mass is 16.1. The number of pyridine rings is 1. The zero-order chi connectivity index (χ0) is 20.6. The van der Waals surface area contributed by atoms with Gasteiger partial charge in [-0.05, 0) is 62.2 Å². The lowest BCUT2D eigenvalue weighted by Gasteiger charge is -2.21. The summed E-state index contributed by atoms with van der Waals surface area (Å²) in [4.78, 5) is 19.2. The topological polar surface area (TPSA) is 57.3 Å². The molecule has 0 aliphatic heterocycles. The highest BCUT2D eigenvalue weighted by Crippen LogP contribution is 2.22. The summed E-state index contributed by atoms with van der Waals surface area (Å²) in [6.07, 6.45) is 4.23. The third kappa shape index (κ3) is 5.13. The van der Waals surface area contributed by atoms with Crippen LogP contribution < -0.4 is 15.5 Å². The van der Waals surface area contributed by atoms with E-state index in [1.54, 1.807) is 12.4 Å². The summed E-state index contributed by atoms with van der Waals surface area (Å²) in [5.41, 5.74) is 5.46. The minimum absolute atomic E-state index is 0.180. The summed E-state index contributed by atoms with van der Waals surface area (Å²) < 4.78 is 0. The van der Waals surface area contributed by atoms with Crippen molar-refractivity contribution >= 4 is 28.7 Å². The van der Waals surface area contributed by atoms with Gasteiger partial charge >= 0.3 is 0 Å². The van der Waals surface area contributed by atoms with Crippen molar-refractivity contribution in [3.05, 3.63) is 78.1 Å². The van der Waals surface area contributed by atoms with Gasteiger partial charge in [0.15, 0.2) is 0 Å². The van der Waals surface area contributed by atoms with E-state index in [1.807, 2.05) is 48.5 Å². The first-order valence-electron chi connectivity index (χ1n) is 10.1. The summed E-state index contributed by atoms with van der Waals surface area (Å²) in [7, 11) is 0. The van der Waals surface area contributed by atoms with Crippen molar-refractivity contribution in [1.29, 1.82) is 0 Å². The summed E-state index contributed by atoms with van der Waals surface area (Å²) in [6, 6.07) is 17.9. The van der Waals surface area contributed by atoms with Gasteiger partial charge in [0.2, 0.25) is 0 Å². The van der Waals surface area contributed by atoms with Gasteiger partial charge in [-0.3, -0.25) is 9.78 Å². The van der Waals surface area contributed by atoms with E-state index < -0.39 is 0 Å². The first kappa shape index (κ1) is 20.4. The fraction of sp³-hybridized carbons (Fsp3) is 0.250. The first-order chi connectivity index (χ1) is 14.1. The Hall–Kier alpha value is -3.34. The Morgan fingerprint density at radius 2 is 1.66 bits per heavy atom. The molecule has 1 amide bonds. The molecular weight excluding hydrogens is 360 g/mol. The van der Waals surface area contributed by atoms with Crippen molar-refractivity contribution in [3.8, 4) is 0 Å². The highest BCUT2D eigenvalue weighted by Gasteiger charge is 2.09. The van der Waals surface area contributed by atoms with E-state index in [9.17, 15) is 4.79 Å². The van der Waals surface area contributed by atoms with Gasteiger partial charge in [-0.25, -0.2) is 0 Å². The number of aryl methyl sites for hydroxylation is 1. The van der Waals surface area contributed by atoms with Crippen molar-refractivity contribution < 1.29 is 4.79 Å².